The summed E-state index contributed by atoms with van der Waals surface area (Å²) < 4.78 is 1.60. The van der Waals surface area contributed by atoms with Crippen LogP contribution in [0.1, 0.15) is 21.1 Å². The second-order valence-electron chi connectivity index (χ2n) is 7.16. The highest BCUT2D eigenvalue weighted by Crippen LogP contribution is 2.21. The molecule has 0 unspecified atom stereocenters. The van der Waals surface area contributed by atoms with E-state index in [1.165, 1.54) is 0 Å². The number of amides is 2. The Bertz CT molecular complexity index is 1390. The van der Waals surface area contributed by atoms with Crippen LogP contribution in [0.4, 0.5) is 0 Å². The summed E-state index contributed by atoms with van der Waals surface area (Å²) in [5, 5.41) is 5.94. The third kappa shape index (κ3) is 4.05. The van der Waals surface area contributed by atoms with Crippen molar-refractivity contribution in [1.29, 1.82) is 0 Å². The lowest BCUT2D eigenvalue weighted by molar-refractivity contribution is 0.0839. The van der Waals surface area contributed by atoms with Crippen LogP contribution in [0.3, 0.4) is 0 Å². The molecule has 2 heterocycles. The van der Waals surface area contributed by atoms with E-state index in [0.29, 0.717) is 11.2 Å². The highest BCUT2D eigenvalue weighted by molar-refractivity contribution is 6.06. The molecule has 33 heavy (non-hydrogen) atoms. The van der Waals surface area contributed by atoms with Crippen molar-refractivity contribution in [1.82, 2.24) is 30.6 Å². The number of pyridine rings is 1. The van der Waals surface area contributed by atoms with E-state index in [1.807, 2.05) is 84.9 Å². The average molecular weight is 434 g/mol. The average Bonchev–Trinajstić information content (AvgIpc) is 3.33. The standard InChI is InChI=1S/C25H18N6O2/c32-24(21-20-14-8-7-9-17(20)15-16-26-21)28-29-25(33)22-27-23(18-10-3-1-4-11-18)31(30-22)19-12-5-2-6-13-19/h1-16H,(H,28,32)(H,29,33). The molecule has 5 rings (SSSR count). The van der Waals surface area contributed by atoms with Gasteiger partial charge in [-0.25, -0.2) is 9.67 Å². The first-order valence-corrected chi connectivity index (χ1v) is 10.2. The van der Waals surface area contributed by atoms with Gasteiger partial charge in [-0.15, -0.1) is 5.10 Å². The van der Waals surface area contributed by atoms with Gasteiger partial charge in [0.05, 0.1) is 5.69 Å². The molecule has 0 radical (unpaired) electrons. The highest BCUT2D eigenvalue weighted by Gasteiger charge is 2.20. The minimum absolute atomic E-state index is 0.0797. The first-order chi connectivity index (χ1) is 16.2. The van der Waals surface area contributed by atoms with Gasteiger partial charge in [-0.05, 0) is 23.6 Å². The predicted octanol–water partition coefficient (Wildman–Crippen LogP) is 3.56. The summed E-state index contributed by atoms with van der Waals surface area (Å²) in [5.41, 5.74) is 6.56. The third-order valence-corrected chi connectivity index (χ3v) is 5.02. The molecular weight excluding hydrogens is 416 g/mol. The quantitative estimate of drug-likeness (QED) is 0.421. The summed E-state index contributed by atoms with van der Waals surface area (Å²) in [6.07, 6.45) is 1.55. The fourth-order valence-electron chi connectivity index (χ4n) is 3.46. The van der Waals surface area contributed by atoms with Crippen molar-refractivity contribution >= 4 is 22.6 Å². The molecule has 0 aliphatic carbocycles. The topological polar surface area (TPSA) is 102 Å². The minimum Gasteiger partial charge on any atom is -0.266 e. The van der Waals surface area contributed by atoms with Gasteiger partial charge in [0, 0.05) is 17.1 Å². The number of benzene rings is 3. The van der Waals surface area contributed by atoms with Crippen LogP contribution in [-0.2, 0) is 0 Å². The maximum atomic E-state index is 12.8. The number of hydrazine groups is 1. The molecule has 0 spiro atoms. The summed E-state index contributed by atoms with van der Waals surface area (Å²) in [5.74, 6) is -0.751. The van der Waals surface area contributed by atoms with Gasteiger partial charge in [-0.3, -0.25) is 25.4 Å². The van der Waals surface area contributed by atoms with Crippen LogP contribution in [0.5, 0.6) is 0 Å². The highest BCUT2D eigenvalue weighted by atomic mass is 16.2. The van der Waals surface area contributed by atoms with Crippen LogP contribution < -0.4 is 10.9 Å². The maximum absolute atomic E-state index is 12.8. The van der Waals surface area contributed by atoms with Gasteiger partial charge in [-0.2, -0.15) is 0 Å². The van der Waals surface area contributed by atoms with Crippen LogP contribution in [0.15, 0.2) is 97.2 Å². The summed E-state index contributed by atoms with van der Waals surface area (Å²) >= 11 is 0. The first kappa shape index (κ1) is 20.1. The number of nitrogens with zero attached hydrogens (tertiary/aromatic N) is 4. The molecular formula is C25H18N6O2. The Balaban J connectivity index is 1.41. The van der Waals surface area contributed by atoms with Crippen molar-refractivity contribution < 1.29 is 9.59 Å². The van der Waals surface area contributed by atoms with Gasteiger partial charge in [0.1, 0.15) is 5.69 Å². The second kappa shape index (κ2) is 8.72. The number of carbonyl (C=O) groups excluding carboxylic acids is 2. The van der Waals surface area contributed by atoms with E-state index in [9.17, 15) is 9.59 Å². The predicted molar refractivity (Wildman–Crippen MR) is 123 cm³/mol. The molecule has 0 aliphatic rings. The lowest BCUT2D eigenvalue weighted by atomic mass is 10.1. The molecule has 8 nitrogen and oxygen atoms in total. The Labute approximate surface area is 188 Å². The van der Waals surface area contributed by atoms with Crippen molar-refractivity contribution in [2.24, 2.45) is 0 Å². The number of hydrogen-bond donors (Lipinski definition) is 2. The molecule has 2 amide bonds. The van der Waals surface area contributed by atoms with Crippen LogP contribution >= 0.6 is 0 Å². The van der Waals surface area contributed by atoms with E-state index in [2.05, 4.69) is 25.9 Å². The molecule has 2 aromatic heterocycles. The van der Waals surface area contributed by atoms with Crippen molar-refractivity contribution in [2.45, 2.75) is 0 Å². The van der Waals surface area contributed by atoms with E-state index in [1.54, 1.807) is 16.9 Å². The zero-order valence-electron chi connectivity index (χ0n) is 17.3. The van der Waals surface area contributed by atoms with Crippen LogP contribution in [0.25, 0.3) is 27.8 Å². The van der Waals surface area contributed by atoms with Gasteiger partial charge < -0.3 is 0 Å². The molecule has 5 aromatic rings. The van der Waals surface area contributed by atoms with Crippen molar-refractivity contribution in [3.05, 3.63) is 109 Å². The van der Waals surface area contributed by atoms with Crippen molar-refractivity contribution in [3.63, 3.8) is 0 Å². The maximum Gasteiger partial charge on any atom is 0.309 e. The van der Waals surface area contributed by atoms with Gasteiger partial charge >= 0.3 is 5.91 Å². The smallest absolute Gasteiger partial charge is 0.266 e. The summed E-state index contributed by atoms with van der Waals surface area (Å²) in [7, 11) is 0. The molecule has 2 N–H and O–H groups in total. The molecule has 3 aromatic carbocycles. The Morgan fingerprint density at radius 1 is 0.727 bits per heavy atom. The van der Waals surface area contributed by atoms with E-state index in [4.69, 9.17) is 0 Å². The number of fused-ring (bicyclic) bond motifs is 1. The number of carbonyl (C=O) groups is 2. The van der Waals surface area contributed by atoms with Crippen molar-refractivity contribution in [3.8, 4) is 17.1 Å². The lowest BCUT2D eigenvalue weighted by Crippen LogP contribution is -2.42. The monoisotopic (exact) mass is 434 g/mol. The number of nitrogens with one attached hydrogen (secondary N) is 2. The third-order valence-electron chi connectivity index (χ3n) is 5.02. The first-order valence-electron chi connectivity index (χ1n) is 10.2. The fraction of sp³-hybridized carbons (Fsp3) is 0. The van der Waals surface area contributed by atoms with Crippen LogP contribution in [-0.4, -0.2) is 31.6 Å². The summed E-state index contributed by atoms with van der Waals surface area (Å²) in [6, 6.07) is 28.0. The molecule has 0 saturated heterocycles. The fourth-order valence-corrected chi connectivity index (χ4v) is 3.46. The Kier molecular flexibility index (Phi) is 5.30. The van der Waals surface area contributed by atoms with Crippen LogP contribution in [0, 0.1) is 0 Å². The Morgan fingerprint density at radius 3 is 2.18 bits per heavy atom. The molecule has 160 valence electrons. The molecule has 0 atom stereocenters. The van der Waals surface area contributed by atoms with Crippen LogP contribution in [0.2, 0.25) is 0 Å². The number of para-hydroxylation sites is 1. The van der Waals surface area contributed by atoms with Gasteiger partial charge in [0.25, 0.3) is 5.91 Å². The largest absolute Gasteiger partial charge is 0.309 e. The number of hydrogen-bond acceptors (Lipinski definition) is 5. The van der Waals surface area contributed by atoms with E-state index in [-0.39, 0.29) is 11.5 Å². The molecule has 0 saturated carbocycles. The zero-order chi connectivity index (χ0) is 22.6. The van der Waals surface area contributed by atoms with Gasteiger partial charge in [0.15, 0.2) is 5.82 Å². The SMILES string of the molecule is O=C(NNC(=O)c1nccc2ccccc12)c1nc(-c2ccccc2)n(-c2ccccc2)n1. The van der Waals surface area contributed by atoms with E-state index in [0.717, 1.165) is 16.6 Å². The molecule has 0 aliphatic heterocycles. The van der Waals surface area contributed by atoms with E-state index >= 15 is 0 Å². The van der Waals surface area contributed by atoms with Gasteiger partial charge in [0.2, 0.25) is 5.82 Å². The molecule has 8 heteroatoms. The second-order valence-corrected chi connectivity index (χ2v) is 7.16. The Hall–Kier alpha value is -4.85. The lowest BCUT2D eigenvalue weighted by Gasteiger charge is -2.07. The number of aromatic nitrogens is 4. The van der Waals surface area contributed by atoms with E-state index < -0.39 is 11.8 Å². The Morgan fingerprint density at radius 2 is 1.39 bits per heavy atom. The molecule has 0 fully saturated rings. The number of rotatable bonds is 4. The minimum atomic E-state index is -0.643. The van der Waals surface area contributed by atoms with Crippen molar-refractivity contribution in [2.75, 3.05) is 0 Å². The molecule has 0 bridgehead atoms. The zero-order valence-corrected chi connectivity index (χ0v) is 17.3. The summed E-state index contributed by atoms with van der Waals surface area (Å²) in [6.45, 7) is 0. The van der Waals surface area contributed by atoms with Gasteiger partial charge in [-0.1, -0.05) is 72.8 Å². The normalized spacial score (nSPS) is 10.7. The summed E-state index contributed by atoms with van der Waals surface area (Å²) in [4.78, 5) is 34.0.